The summed E-state index contributed by atoms with van der Waals surface area (Å²) in [5.74, 6) is 0.563. The summed E-state index contributed by atoms with van der Waals surface area (Å²) in [6.45, 7) is 0.486. The first kappa shape index (κ1) is 13.6. The molecule has 1 fully saturated rings. The molecule has 0 saturated carbocycles. The highest BCUT2D eigenvalue weighted by Gasteiger charge is 2.46. The van der Waals surface area contributed by atoms with Crippen molar-refractivity contribution in [2.24, 2.45) is 0 Å². The molecule has 2 aromatic rings. The Morgan fingerprint density at radius 3 is 2.38 bits per heavy atom. The van der Waals surface area contributed by atoms with E-state index in [1.54, 1.807) is 12.0 Å². The van der Waals surface area contributed by atoms with Gasteiger partial charge in [-0.1, -0.05) is 42.5 Å². The van der Waals surface area contributed by atoms with Crippen molar-refractivity contribution >= 4 is 5.91 Å². The van der Waals surface area contributed by atoms with Crippen LogP contribution in [0.4, 0.5) is 0 Å². The molecule has 108 valence electrons. The standard InChI is InChI=1S/C17H17NO3/c1-21-14-9-7-12(8-10-14)11-18-15(16(19)17(18)20)13-5-3-2-4-6-13/h2-10,15-16,19H,11H2,1H3/t15-,16+/m1/s1. The Kier molecular flexibility index (Phi) is 3.62. The third kappa shape index (κ3) is 2.50. The molecule has 0 aromatic heterocycles. The van der Waals surface area contributed by atoms with Gasteiger partial charge in [0, 0.05) is 6.54 Å². The molecule has 1 N–H and O–H groups in total. The van der Waals surface area contributed by atoms with Gasteiger partial charge in [0.05, 0.1) is 13.2 Å². The molecule has 2 aromatic carbocycles. The van der Waals surface area contributed by atoms with Gasteiger partial charge in [0.1, 0.15) is 5.75 Å². The topological polar surface area (TPSA) is 49.8 Å². The molecular formula is C17H17NO3. The number of hydrogen-bond donors (Lipinski definition) is 1. The van der Waals surface area contributed by atoms with Gasteiger partial charge in [0.2, 0.25) is 0 Å². The molecule has 0 radical (unpaired) electrons. The molecule has 1 aliphatic heterocycles. The third-order valence-corrected chi connectivity index (χ3v) is 3.82. The maximum absolute atomic E-state index is 11.9. The van der Waals surface area contributed by atoms with Crippen LogP contribution in [0, 0.1) is 0 Å². The molecule has 0 aliphatic carbocycles. The van der Waals surface area contributed by atoms with Crippen LogP contribution in [0.15, 0.2) is 54.6 Å². The number of ether oxygens (including phenoxy) is 1. The zero-order valence-electron chi connectivity index (χ0n) is 11.8. The Balaban J connectivity index is 1.78. The average molecular weight is 283 g/mol. The van der Waals surface area contributed by atoms with Gasteiger partial charge in [-0.15, -0.1) is 0 Å². The number of aliphatic hydroxyl groups excluding tert-OH is 1. The van der Waals surface area contributed by atoms with Crippen LogP contribution in [0.25, 0.3) is 0 Å². The Labute approximate surface area is 123 Å². The van der Waals surface area contributed by atoms with Gasteiger partial charge >= 0.3 is 0 Å². The van der Waals surface area contributed by atoms with Crippen LogP contribution in [0.5, 0.6) is 5.75 Å². The average Bonchev–Trinajstić information content (AvgIpc) is 2.55. The SMILES string of the molecule is COc1ccc(CN2C(=O)[C@@H](O)[C@H]2c2ccccc2)cc1. The van der Waals surface area contributed by atoms with E-state index in [2.05, 4.69) is 0 Å². The van der Waals surface area contributed by atoms with Crippen molar-refractivity contribution < 1.29 is 14.6 Å². The number of benzene rings is 2. The maximum Gasteiger partial charge on any atom is 0.254 e. The number of amides is 1. The predicted octanol–water partition coefficient (Wildman–Crippen LogP) is 2.14. The number of rotatable bonds is 4. The number of likely N-dealkylation sites (tertiary alicyclic amines) is 1. The van der Waals surface area contributed by atoms with E-state index in [1.165, 1.54) is 0 Å². The number of nitrogens with zero attached hydrogens (tertiary/aromatic N) is 1. The maximum atomic E-state index is 11.9. The fourth-order valence-electron chi connectivity index (χ4n) is 2.65. The zero-order chi connectivity index (χ0) is 14.8. The molecule has 1 aliphatic rings. The van der Waals surface area contributed by atoms with Crippen molar-refractivity contribution in [2.75, 3.05) is 7.11 Å². The molecule has 2 atom stereocenters. The number of methoxy groups -OCH3 is 1. The summed E-state index contributed by atoms with van der Waals surface area (Å²) in [7, 11) is 1.62. The van der Waals surface area contributed by atoms with Gasteiger partial charge in [-0.05, 0) is 23.3 Å². The van der Waals surface area contributed by atoms with Crippen molar-refractivity contribution in [3.8, 4) is 5.75 Å². The molecule has 1 heterocycles. The zero-order valence-corrected chi connectivity index (χ0v) is 11.8. The fraction of sp³-hybridized carbons (Fsp3) is 0.235. The molecule has 1 amide bonds. The van der Waals surface area contributed by atoms with E-state index in [9.17, 15) is 9.90 Å². The third-order valence-electron chi connectivity index (χ3n) is 3.82. The molecular weight excluding hydrogens is 266 g/mol. The van der Waals surface area contributed by atoms with E-state index in [4.69, 9.17) is 4.74 Å². The van der Waals surface area contributed by atoms with Crippen LogP contribution in [0.1, 0.15) is 17.2 Å². The summed E-state index contributed by atoms with van der Waals surface area (Å²) in [6, 6.07) is 16.9. The smallest absolute Gasteiger partial charge is 0.254 e. The van der Waals surface area contributed by atoms with Crippen LogP contribution in [-0.2, 0) is 11.3 Å². The lowest BCUT2D eigenvalue weighted by Crippen LogP contribution is -2.58. The van der Waals surface area contributed by atoms with E-state index >= 15 is 0 Å². The van der Waals surface area contributed by atoms with Gasteiger partial charge < -0.3 is 14.7 Å². The second kappa shape index (κ2) is 5.58. The molecule has 3 rings (SSSR count). The van der Waals surface area contributed by atoms with Gasteiger partial charge in [0.25, 0.3) is 5.91 Å². The summed E-state index contributed by atoms with van der Waals surface area (Å²) < 4.78 is 5.12. The van der Waals surface area contributed by atoms with Gasteiger partial charge in [0.15, 0.2) is 6.10 Å². The Bertz CT molecular complexity index is 624. The predicted molar refractivity (Wildman–Crippen MR) is 78.7 cm³/mol. The largest absolute Gasteiger partial charge is 0.497 e. The number of carbonyl (C=O) groups is 1. The Morgan fingerprint density at radius 2 is 1.76 bits per heavy atom. The summed E-state index contributed by atoms with van der Waals surface area (Å²) in [5.41, 5.74) is 1.97. The van der Waals surface area contributed by atoms with Crippen LogP contribution >= 0.6 is 0 Å². The van der Waals surface area contributed by atoms with Crippen molar-refractivity contribution in [3.05, 3.63) is 65.7 Å². The minimum atomic E-state index is -0.939. The quantitative estimate of drug-likeness (QED) is 0.875. The first-order valence-corrected chi connectivity index (χ1v) is 6.87. The van der Waals surface area contributed by atoms with Crippen molar-refractivity contribution in [2.45, 2.75) is 18.7 Å². The molecule has 0 bridgehead atoms. The molecule has 21 heavy (non-hydrogen) atoms. The summed E-state index contributed by atoms with van der Waals surface area (Å²) in [6.07, 6.45) is -0.939. The minimum absolute atomic E-state index is 0.223. The Morgan fingerprint density at radius 1 is 1.10 bits per heavy atom. The fourth-order valence-corrected chi connectivity index (χ4v) is 2.65. The van der Waals surface area contributed by atoms with Crippen LogP contribution in [-0.4, -0.2) is 29.1 Å². The van der Waals surface area contributed by atoms with Crippen molar-refractivity contribution in [1.29, 1.82) is 0 Å². The number of hydrogen-bond acceptors (Lipinski definition) is 3. The number of β-lactam (4-membered cyclic amide) rings is 1. The molecule has 4 heteroatoms. The van der Waals surface area contributed by atoms with E-state index in [0.717, 1.165) is 16.9 Å². The first-order chi connectivity index (χ1) is 10.2. The molecule has 0 spiro atoms. The van der Waals surface area contributed by atoms with E-state index < -0.39 is 6.10 Å². The summed E-state index contributed by atoms with van der Waals surface area (Å²) in [5, 5.41) is 9.95. The molecule has 0 unspecified atom stereocenters. The minimum Gasteiger partial charge on any atom is -0.497 e. The molecule has 1 saturated heterocycles. The first-order valence-electron chi connectivity index (χ1n) is 6.87. The van der Waals surface area contributed by atoms with Gasteiger partial charge in [-0.25, -0.2) is 0 Å². The van der Waals surface area contributed by atoms with Crippen LogP contribution < -0.4 is 4.74 Å². The van der Waals surface area contributed by atoms with Crippen LogP contribution in [0.2, 0.25) is 0 Å². The monoisotopic (exact) mass is 283 g/mol. The van der Waals surface area contributed by atoms with E-state index in [0.29, 0.717) is 6.54 Å². The second-order valence-electron chi connectivity index (χ2n) is 5.11. The lowest BCUT2D eigenvalue weighted by molar-refractivity contribution is -0.168. The summed E-state index contributed by atoms with van der Waals surface area (Å²) in [4.78, 5) is 13.6. The highest BCUT2D eigenvalue weighted by molar-refractivity contribution is 5.88. The highest BCUT2D eigenvalue weighted by Crippen LogP contribution is 2.36. The summed E-state index contributed by atoms with van der Waals surface area (Å²) >= 11 is 0. The van der Waals surface area contributed by atoms with Gasteiger partial charge in [-0.3, -0.25) is 4.79 Å². The van der Waals surface area contributed by atoms with Crippen LogP contribution in [0.3, 0.4) is 0 Å². The Hall–Kier alpha value is -2.33. The van der Waals surface area contributed by atoms with Crippen molar-refractivity contribution in [1.82, 2.24) is 4.90 Å². The highest BCUT2D eigenvalue weighted by atomic mass is 16.5. The number of carbonyl (C=O) groups excluding carboxylic acids is 1. The normalized spacial score (nSPS) is 21.0. The molecule has 4 nitrogen and oxygen atoms in total. The lowest BCUT2D eigenvalue weighted by atomic mass is 9.90. The van der Waals surface area contributed by atoms with Gasteiger partial charge in [-0.2, -0.15) is 0 Å². The number of aliphatic hydroxyl groups is 1. The second-order valence-corrected chi connectivity index (χ2v) is 5.11. The van der Waals surface area contributed by atoms with Crippen molar-refractivity contribution in [3.63, 3.8) is 0 Å². The van der Waals surface area contributed by atoms with E-state index in [1.807, 2.05) is 54.6 Å². The lowest BCUT2D eigenvalue weighted by Gasteiger charge is -2.44. The van der Waals surface area contributed by atoms with E-state index in [-0.39, 0.29) is 11.9 Å².